The highest BCUT2D eigenvalue weighted by Crippen LogP contribution is 2.22. The molecule has 0 bridgehead atoms. The summed E-state index contributed by atoms with van der Waals surface area (Å²) < 4.78 is 0. The van der Waals surface area contributed by atoms with Crippen LogP contribution in [0.5, 0.6) is 0 Å². The largest absolute Gasteiger partial charge is 0.372 e. The van der Waals surface area contributed by atoms with Crippen LogP contribution < -0.4 is 4.90 Å². The van der Waals surface area contributed by atoms with Gasteiger partial charge in [0, 0.05) is 29.4 Å². The lowest BCUT2D eigenvalue weighted by Gasteiger charge is -2.20. The Kier molecular flexibility index (Phi) is 6.26. The molecule has 0 aliphatic rings. The number of benzene rings is 2. The van der Waals surface area contributed by atoms with Crippen molar-refractivity contribution in [3.8, 4) is 0 Å². The molecule has 2 nitrogen and oxygen atoms in total. The minimum Gasteiger partial charge on any atom is -0.372 e. The Bertz CT molecular complexity index is 704. The zero-order chi connectivity index (χ0) is 16.8. The Morgan fingerprint density at radius 3 is 2.26 bits per heavy atom. The van der Waals surface area contributed by atoms with Gasteiger partial charge in [-0.2, -0.15) is 0 Å². The van der Waals surface area contributed by atoms with Crippen LogP contribution in [0, 0.1) is 0 Å². The van der Waals surface area contributed by atoms with Gasteiger partial charge in [-0.1, -0.05) is 41.4 Å². The first-order valence-electron chi connectivity index (χ1n) is 7.57. The number of hydrogen-bond acceptors (Lipinski definition) is 2. The van der Waals surface area contributed by atoms with Gasteiger partial charge in [0.25, 0.3) is 0 Å². The van der Waals surface area contributed by atoms with E-state index < -0.39 is 0 Å². The van der Waals surface area contributed by atoms with Gasteiger partial charge in [-0.3, -0.25) is 4.79 Å². The minimum absolute atomic E-state index is 0.139. The first-order chi connectivity index (χ1) is 11.0. The smallest absolute Gasteiger partial charge is 0.187 e. The lowest BCUT2D eigenvalue weighted by molar-refractivity contribution is 0.104. The summed E-state index contributed by atoms with van der Waals surface area (Å²) in [5, 5.41) is 0.881. The fourth-order valence-corrected chi connectivity index (χ4v) is 2.84. The van der Waals surface area contributed by atoms with Crippen LogP contribution in [0.2, 0.25) is 10.0 Å². The van der Waals surface area contributed by atoms with E-state index in [4.69, 9.17) is 23.2 Å². The van der Waals surface area contributed by atoms with Crippen molar-refractivity contribution in [1.29, 1.82) is 0 Å². The van der Waals surface area contributed by atoms with Crippen molar-refractivity contribution < 1.29 is 4.79 Å². The van der Waals surface area contributed by atoms with Gasteiger partial charge >= 0.3 is 0 Å². The molecule has 0 radical (unpaired) electrons. The van der Waals surface area contributed by atoms with Crippen molar-refractivity contribution in [1.82, 2.24) is 0 Å². The van der Waals surface area contributed by atoms with E-state index in [2.05, 4.69) is 30.9 Å². The van der Waals surface area contributed by atoms with E-state index in [0.29, 0.717) is 15.6 Å². The first kappa shape index (κ1) is 17.6. The van der Waals surface area contributed by atoms with Crippen molar-refractivity contribution in [2.75, 3.05) is 18.0 Å². The molecule has 2 aromatic rings. The van der Waals surface area contributed by atoms with Crippen LogP contribution in [0.1, 0.15) is 29.8 Å². The molecule has 120 valence electrons. The predicted molar refractivity (Wildman–Crippen MR) is 99.8 cm³/mol. The number of anilines is 1. The molecule has 0 fully saturated rings. The molecule has 0 aliphatic heterocycles. The molecule has 0 spiro atoms. The quantitative estimate of drug-likeness (QED) is 0.490. The summed E-state index contributed by atoms with van der Waals surface area (Å²) >= 11 is 11.9. The van der Waals surface area contributed by atoms with Crippen molar-refractivity contribution in [2.24, 2.45) is 0 Å². The monoisotopic (exact) mass is 347 g/mol. The molecule has 0 aliphatic carbocycles. The lowest BCUT2D eigenvalue weighted by atomic mass is 10.1. The molecule has 0 saturated heterocycles. The van der Waals surface area contributed by atoms with Crippen molar-refractivity contribution >= 4 is 40.7 Å². The van der Waals surface area contributed by atoms with Gasteiger partial charge in [0.2, 0.25) is 0 Å². The number of hydrogen-bond donors (Lipinski definition) is 0. The average molecular weight is 348 g/mol. The maximum atomic E-state index is 12.2. The number of nitrogens with zero attached hydrogens (tertiary/aromatic N) is 1. The van der Waals surface area contributed by atoms with Gasteiger partial charge in [0.15, 0.2) is 5.78 Å². The second-order valence-corrected chi connectivity index (χ2v) is 5.93. The molecule has 0 amide bonds. The summed E-state index contributed by atoms with van der Waals surface area (Å²) in [5.41, 5.74) is 2.60. The molecule has 0 atom stereocenters. The van der Waals surface area contributed by atoms with E-state index in [1.165, 1.54) is 11.8 Å². The van der Waals surface area contributed by atoms with Crippen LogP contribution in [0.15, 0.2) is 48.5 Å². The molecular weight excluding hydrogens is 329 g/mol. The molecule has 4 heteroatoms. The summed E-state index contributed by atoms with van der Waals surface area (Å²) in [5.74, 6) is -0.139. The summed E-state index contributed by atoms with van der Waals surface area (Å²) in [6.45, 7) is 6.20. The third kappa shape index (κ3) is 4.60. The summed E-state index contributed by atoms with van der Waals surface area (Å²) in [6.07, 6.45) is 3.32. The fourth-order valence-electron chi connectivity index (χ4n) is 2.34. The van der Waals surface area contributed by atoms with Crippen LogP contribution in [-0.4, -0.2) is 18.9 Å². The van der Waals surface area contributed by atoms with E-state index in [9.17, 15) is 4.79 Å². The van der Waals surface area contributed by atoms with Gasteiger partial charge in [0.05, 0.1) is 5.02 Å². The van der Waals surface area contributed by atoms with Crippen LogP contribution in [0.25, 0.3) is 6.08 Å². The maximum absolute atomic E-state index is 12.2. The zero-order valence-electron chi connectivity index (χ0n) is 13.2. The van der Waals surface area contributed by atoms with Gasteiger partial charge < -0.3 is 4.90 Å². The number of allylic oxidation sites excluding steroid dienone is 1. The number of ketones is 1. The SMILES string of the molecule is CCN(CC)c1ccc(/C=C/C(=O)c2ccc(Cl)cc2Cl)cc1. The lowest BCUT2D eigenvalue weighted by Crippen LogP contribution is -2.21. The van der Waals surface area contributed by atoms with E-state index in [-0.39, 0.29) is 5.78 Å². The molecule has 0 unspecified atom stereocenters. The third-order valence-corrected chi connectivity index (χ3v) is 4.19. The highest BCUT2D eigenvalue weighted by Gasteiger charge is 2.07. The molecule has 2 aromatic carbocycles. The van der Waals surface area contributed by atoms with E-state index in [1.54, 1.807) is 24.3 Å². The van der Waals surface area contributed by atoms with E-state index in [1.807, 2.05) is 12.1 Å². The second kappa shape index (κ2) is 8.19. The molecule has 0 aromatic heterocycles. The molecule has 0 N–H and O–H groups in total. The molecular formula is C19H19Cl2NO. The Morgan fingerprint density at radius 2 is 1.70 bits per heavy atom. The summed E-state index contributed by atoms with van der Waals surface area (Å²) in [6, 6.07) is 13.0. The highest BCUT2D eigenvalue weighted by molar-refractivity contribution is 6.37. The second-order valence-electron chi connectivity index (χ2n) is 5.09. The van der Waals surface area contributed by atoms with E-state index >= 15 is 0 Å². The van der Waals surface area contributed by atoms with Gasteiger partial charge in [-0.15, -0.1) is 0 Å². The van der Waals surface area contributed by atoms with Crippen LogP contribution >= 0.6 is 23.2 Å². The van der Waals surface area contributed by atoms with E-state index in [0.717, 1.165) is 18.7 Å². The number of halogens is 2. The summed E-state index contributed by atoms with van der Waals surface area (Å²) in [7, 11) is 0. The van der Waals surface area contributed by atoms with Crippen LogP contribution in [0.3, 0.4) is 0 Å². The van der Waals surface area contributed by atoms with Crippen molar-refractivity contribution in [3.63, 3.8) is 0 Å². The number of carbonyl (C=O) groups is 1. The zero-order valence-corrected chi connectivity index (χ0v) is 14.7. The molecule has 0 saturated carbocycles. The number of carbonyl (C=O) groups excluding carboxylic acids is 1. The Labute approximate surface area is 147 Å². The topological polar surface area (TPSA) is 20.3 Å². The normalized spacial score (nSPS) is 11.0. The molecule has 0 heterocycles. The van der Waals surface area contributed by atoms with Gasteiger partial charge in [-0.05, 0) is 55.8 Å². The first-order valence-corrected chi connectivity index (χ1v) is 8.33. The average Bonchev–Trinajstić information content (AvgIpc) is 2.55. The molecule has 2 rings (SSSR count). The van der Waals surface area contributed by atoms with Gasteiger partial charge in [-0.25, -0.2) is 0 Å². The van der Waals surface area contributed by atoms with Crippen molar-refractivity contribution in [2.45, 2.75) is 13.8 Å². The minimum atomic E-state index is -0.139. The Morgan fingerprint density at radius 1 is 1.04 bits per heavy atom. The highest BCUT2D eigenvalue weighted by atomic mass is 35.5. The van der Waals surface area contributed by atoms with Crippen LogP contribution in [0.4, 0.5) is 5.69 Å². The van der Waals surface area contributed by atoms with Crippen molar-refractivity contribution in [3.05, 3.63) is 69.7 Å². The summed E-state index contributed by atoms with van der Waals surface area (Å²) in [4.78, 5) is 14.5. The standard InChI is InChI=1S/C19H19Cl2NO/c1-3-22(4-2)16-9-5-14(6-10-16)7-12-19(23)17-11-8-15(20)13-18(17)21/h5-13H,3-4H2,1-2H3/b12-7+. The predicted octanol–water partition coefficient (Wildman–Crippen LogP) is 5.74. The Hall–Kier alpha value is -1.77. The molecule has 23 heavy (non-hydrogen) atoms. The van der Waals surface area contributed by atoms with Crippen LogP contribution in [-0.2, 0) is 0 Å². The third-order valence-electron chi connectivity index (χ3n) is 3.65. The fraction of sp³-hybridized carbons (Fsp3) is 0.211. The number of rotatable bonds is 6. The maximum Gasteiger partial charge on any atom is 0.187 e. The Balaban J connectivity index is 2.12. The van der Waals surface area contributed by atoms with Gasteiger partial charge in [0.1, 0.15) is 0 Å².